The van der Waals surface area contributed by atoms with Gasteiger partial charge in [-0.1, -0.05) is 63.1 Å². The third-order valence-corrected chi connectivity index (χ3v) is 1.74. The van der Waals surface area contributed by atoms with Crippen LogP contribution in [0.1, 0.15) is 0 Å². The van der Waals surface area contributed by atoms with Crippen LogP contribution in [0.25, 0.3) is 0 Å². The molecule has 69 valence electrons. The zero-order valence-corrected chi connectivity index (χ0v) is 13.9. The molecule has 0 bridgehead atoms. The molecule has 6 heteroatoms. The fourth-order valence-electron chi connectivity index (χ4n) is 0.529. The molecule has 1 nitrogen and oxygen atoms in total. The van der Waals surface area contributed by atoms with Crippen LogP contribution in [-0.2, 0) is 19.5 Å². The van der Waals surface area contributed by atoms with E-state index in [9.17, 15) is 5.11 Å². The average Bonchev–Trinajstić information content (AvgIpc) is 2.04. The van der Waals surface area contributed by atoms with Gasteiger partial charge in [0.15, 0.2) is 0 Å². The van der Waals surface area contributed by atoms with Crippen LogP contribution in [0.2, 0.25) is 15.1 Å². The Morgan fingerprint density at radius 3 is 1.69 bits per heavy atom. The summed E-state index contributed by atoms with van der Waals surface area (Å²) in [5.74, 6) is -0.382. The Labute approximate surface area is 119 Å². The minimum absolute atomic E-state index is 0. The summed E-state index contributed by atoms with van der Waals surface area (Å²) in [7, 11) is 0. The number of halogens is 4. The maximum absolute atomic E-state index is 10.8. The molecule has 0 amide bonds. The number of rotatable bonds is 0. The molecule has 0 fully saturated rings. The molecule has 0 saturated heterocycles. The van der Waals surface area contributed by atoms with Gasteiger partial charge in [-0.25, -0.2) is 0 Å². The summed E-state index contributed by atoms with van der Waals surface area (Å²) in [5, 5.41) is 11.3. The molecule has 0 aliphatic carbocycles. The third-order valence-electron chi connectivity index (χ3n) is 0.963. The molecule has 0 aromatic heterocycles. The Kier molecular flexibility index (Phi) is 11.0. The monoisotopic (exact) mass is 400 g/mol. The van der Waals surface area contributed by atoms with Crippen molar-refractivity contribution in [3.63, 3.8) is 0 Å². The maximum atomic E-state index is 10.8. The molecule has 1 aromatic carbocycles. The summed E-state index contributed by atoms with van der Waals surface area (Å²) in [4.78, 5) is 3.22. The first-order chi connectivity index (χ1) is 5.61. The predicted molar refractivity (Wildman–Crippen MR) is 60.3 cm³/mol. The van der Waals surface area contributed by atoms with Crippen LogP contribution < -0.4 is 5.11 Å². The van der Waals surface area contributed by atoms with Gasteiger partial charge in [-0.15, -0.1) is 0 Å². The number of hydrogen-bond acceptors (Lipinski definition) is 1. The van der Waals surface area contributed by atoms with Crippen molar-refractivity contribution in [3.8, 4) is 5.75 Å². The smallest absolute Gasteiger partial charge is 0.0435 e. The van der Waals surface area contributed by atoms with E-state index in [1.54, 1.807) is 0 Å². The van der Waals surface area contributed by atoms with Crippen LogP contribution in [0.3, 0.4) is 0 Å². The van der Waals surface area contributed by atoms with Crippen molar-refractivity contribution in [2.75, 3.05) is 0 Å². The third kappa shape index (κ3) is 5.63. The van der Waals surface area contributed by atoms with E-state index in [0.717, 1.165) is 0 Å². The summed E-state index contributed by atoms with van der Waals surface area (Å²) in [6.45, 7) is 0. The van der Waals surface area contributed by atoms with Crippen molar-refractivity contribution in [1.29, 1.82) is 0 Å². The maximum Gasteiger partial charge on any atom is 0.0435 e. The molecule has 0 N–H and O–H groups in total. The van der Waals surface area contributed by atoms with Gasteiger partial charge in [0.05, 0.1) is 0 Å². The second-order valence-electron chi connectivity index (χ2n) is 1.70. The molecule has 1 radical (unpaired) electrons. The molecule has 0 atom stereocenters. The van der Waals surface area contributed by atoms with E-state index in [-0.39, 0.29) is 35.3 Å². The first-order valence-corrected chi connectivity index (χ1v) is 5.35. The average molecular weight is 403 g/mol. The van der Waals surface area contributed by atoms with Crippen LogP contribution in [0, 0.1) is 4.93 Å². The van der Waals surface area contributed by atoms with Crippen LogP contribution in [0.4, 0.5) is 0 Å². The summed E-state index contributed by atoms with van der Waals surface area (Å²) in [6, 6.07) is 2.72. The van der Waals surface area contributed by atoms with Gasteiger partial charge in [-0.2, -0.15) is 0 Å². The fraction of sp³-hybridized carbons (Fsp3) is 0. The first kappa shape index (κ1) is 16.7. The number of benzene rings is 1. The van der Waals surface area contributed by atoms with E-state index in [2.05, 4.69) is 4.93 Å². The van der Waals surface area contributed by atoms with Gasteiger partial charge in [-0.05, 0) is 12.1 Å². The molecular formula is C7H4Cl3IOZn-. The molecule has 0 aliphatic heterocycles. The first-order valence-electron chi connectivity index (χ1n) is 2.69. The van der Waals surface area contributed by atoms with E-state index in [4.69, 9.17) is 34.8 Å². The van der Waals surface area contributed by atoms with Crippen LogP contribution in [0.5, 0.6) is 5.75 Å². The van der Waals surface area contributed by atoms with E-state index in [1.807, 2.05) is 22.6 Å². The van der Waals surface area contributed by atoms with Crippen molar-refractivity contribution in [1.82, 2.24) is 0 Å². The van der Waals surface area contributed by atoms with E-state index in [0.29, 0.717) is 5.02 Å². The van der Waals surface area contributed by atoms with Gasteiger partial charge in [0.2, 0.25) is 0 Å². The largest absolute Gasteiger partial charge is 0.870 e. The summed E-state index contributed by atoms with van der Waals surface area (Å²) in [6.07, 6.45) is 0. The van der Waals surface area contributed by atoms with Crippen LogP contribution in [-0.4, -0.2) is 0 Å². The SMILES string of the molecule is [CH2]I.[O-]c1c(Cl)cc(Cl)cc1Cl.[Zn]. The Morgan fingerprint density at radius 2 is 1.38 bits per heavy atom. The van der Waals surface area contributed by atoms with Crippen molar-refractivity contribution in [3.05, 3.63) is 32.1 Å². The Hall–Kier alpha value is 1.24. The second-order valence-corrected chi connectivity index (χ2v) is 2.95. The molecule has 0 unspecified atom stereocenters. The van der Waals surface area contributed by atoms with Gasteiger partial charge in [0, 0.05) is 39.5 Å². The minimum Gasteiger partial charge on any atom is -0.870 e. The predicted octanol–water partition coefficient (Wildman–Crippen LogP) is 3.93. The second kappa shape index (κ2) is 8.54. The Bertz CT molecular complexity index is 247. The van der Waals surface area contributed by atoms with Crippen molar-refractivity contribution < 1.29 is 24.6 Å². The molecule has 1 aromatic rings. The zero-order valence-electron chi connectivity index (χ0n) is 6.49. The molecule has 0 saturated carbocycles. The molecule has 0 heterocycles. The van der Waals surface area contributed by atoms with Gasteiger partial charge in [0.1, 0.15) is 0 Å². The minimum atomic E-state index is -0.382. The van der Waals surface area contributed by atoms with E-state index >= 15 is 0 Å². The standard InChI is InChI=1S/C6H3Cl3O.CH2I.Zn/c7-3-1-4(8)6(10)5(9)2-3;1-2;/h1-2,10H;1H2;/p-1. The van der Waals surface area contributed by atoms with Crippen molar-refractivity contribution >= 4 is 57.4 Å². The summed E-state index contributed by atoms with van der Waals surface area (Å²) >= 11 is 18.3. The van der Waals surface area contributed by atoms with Gasteiger partial charge in [0.25, 0.3) is 0 Å². The topological polar surface area (TPSA) is 23.1 Å². The van der Waals surface area contributed by atoms with Crippen molar-refractivity contribution in [2.45, 2.75) is 0 Å². The van der Waals surface area contributed by atoms with Gasteiger partial charge >= 0.3 is 0 Å². The number of hydrogen-bond donors (Lipinski definition) is 0. The van der Waals surface area contributed by atoms with E-state index in [1.165, 1.54) is 12.1 Å². The van der Waals surface area contributed by atoms with Gasteiger partial charge < -0.3 is 5.11 Å². The molecular weight excluding hydrogens is 399 g/mol. The van der Waals surface area contributed by atoms with Crippen molar-refractivity contribution in [2.24, 2.45) is 0 Å². The zero-order chi connectivity index (χ0) is 9.72. The molecule has 1 rings (SSSR count). The summed E-state index contributed by atoms with van der Waals surface area (Å²) < 4.78 is 0. The van der Waals surface area contributed by atoms with E-state index < -0.39 is 0 Å². The molecule has 13 heavy (non-hydrogen) atoms. The summed E-state index contributed by atoms with van der Waals surface area (Å²) in [5.41, 5.74) is 0. The Morgan fingerprint density at radius 1 is 1.08 bits per heavy atom. The normalized spacial score (nSPS) is 8.08. The molecule has 0 aliphatic rings. The molecule has 0 spiro atoms. The fourth-order valence-corrected chi connectivity index (χ4v) is 1.35. The van der Waals surface area contributed by atoms with Crippen LogP contribution in [0.15, 0.2) is 12.1 Å². The quantitative estimate of drug-likeness (QED) is 0.476. The Balaban J connectivity index is 0. The van der Waals surface area contributed by atoms with Gasteiger partial charge in [-0.3, -0.25) is 0 Å². The van der Waals surface area contributed by atoms with Crippen LogP contribution >= 0.6 is 57.4 Å².